The molecule has 3 heterocycles. The topological polar surface area (TPSA) is 70.9 Å². The molecule has 2 aliphatic rings. The fraction of sp³-hybridized carbons (Fsp3) is 0.346. The summed E-state index contributed by atoms with van der Waals surface area (Å²) in [6.45, 7) is 8.16. The summed E-state index contributed by atoms with van der Waals surface area (Å²) < 4.78 is 5.84. The molecule has 0 fully saturated rings. The molecule has 7 heteroatoms. The highest BCUT2D eigenvalue weighted by atomic mass is 35.5. The average molecular weight is 464 g/mol. The number of aliphatic imine (C=N–C) groups is 2. The van der Waals surface area contributed by atoms with Gasteiger partial charge in [0.1, 0.15) is 30.1 Å². The van der Waals surface area contributed by atoms with Gasteiger partial charge < -0.3 is 15.4 Å². The molecule has 1 unspecified atom stereocenters. The largest absolute Gasteiger partial charge is 0.373 e. The number of amidine groups is 2. The predicted octanol–water partition coefficient (Wildman–Crippen LogP) is 4.56. The maximum atomic E-state index is 6.37. The van der Waals surface area contributed by atoms with Gasteiger partial charge >= 0.3 is 0 Å². The van der Waals surface area contributed by atoms with Crippen LogP contribution in [0.3, 0.4) is 0 Å². The van der Waals surface area contributed by atoms with E-state index in [1.807, 2.05) is 24.3 Å². The van der Waals surface area contributed by atoms with Crippen molar-refractivity contribution in [3.8, 4) is 0 Å². The third-order valence-electron chi connectivity index (χ3n) is 5.45. The van der Waals surface area contributed by atoms with Crippen LogP contribution in [0.1, 0.15) is 30.7 Å². The van der Waals surface area contributed by atoms with E-state index in [1.165, 1.54) is 11.1 Å². The molecule has 0 saturated heterocycles. The van der Waals surface area contributed by atoms with Crippen LogP contribution in [0.25, 0.3) is 5.70 Å². The van der Waals surface area contributed by atoms with Crippen molar-refractivity contribution >= 4 is 29.0 Å². The molecule has 6 nitrogen and oxygen atoms in total. The number of aromatic nitrogens is 1. The van der Waals surface area contributed by atoms with Gasteiger partial charge in [0.15, 0.2) is 0 Å². The van der Waals surface area contributed by atoms with E-state index >= 15 is 0 Å². The Kier molecular flexibility index (Phi) is 7.57. The molecule has 0 bridgehead atoms. The number of allylic oxidation sites excluding steroid dienone is 2. The Bertz CT molecular complexity index is 1120. The number of ether oxygens (including phenoxy) is 1. The van der Waals surface area contributed by atoms with Crippen molar-refractivity contribution in [2.24, 2.45) is 15.9 Å². The minimum absolute atomic E-state index is 0.279. The molecular weight excluding hydrogens is 434 g/mol. The van der Waals surface area contributed by atoms with Crippen LogP contribution in [-0.2, 0) is 11.2 Å². The van der Waals surface area contributed by atoms with E-state index < -0.39 is 0 Å². The summed E-state index contributed by atoms with van der Waals surface area (Å²) >= 11 is 6.37. The summed E-state index contributed by atoms with van der Waals surface area (Å²) in [4.78, 5) is 14.2. The highest BCUT2D eigenvalue weighted by Gasteiger charge is 2.28. The van der Waals surface area contributed by atoms with Crippen LogP contribution < -0.4 is 10.6 Å². The maximum Gasteiger partial charge on any atom is 0.150 e. The van der Waals surface area contributed by atoms with Crippen LogP contribution in [0.2, 0.25) is 5.02 Å². The summed E-state index contributed by atoms with van der Waals surface area (Å²) in [6, 6.07) is 12.1. The van der Waals surface area contributed by atoms with Gasteiger partial charge in [-0.2, -0.15) is 0 Å². The molecule has 0 saturated carbocycles. The zero-order valence-electron chi connectivity index (χ0n) is 19.3. The fourth-order valence-electron chi connectivity index (χ4n) is 3.75. The number of nitrogens with zero attached hydrogens (tertiary/aromatic N) is 3. The monoisotopic (exact) mass is 463 g/mol. The Morgan fingerprint density at radius 3 is 2.79 bits per heavy atom. The van der Waals surface area contributed by atoms with Crippen molar-refractivity contribution in [1.29, 1.82) is 0 Å². The third kappa shape index (κ3) is 5.89. The Morgan fingerprint density at radius 2 is 2.00 bits per heavy atom. The Morgan fingerprint density at radius 1 is 1.15 bits per heavy atom. The molecule has 4 rings (SSSR count). The van der Waals surface area contributed by atoms with Gasteiger partial charge in [-0.25, -0.2) is 4.99 Å². The zero-order chi connectivity index (χ0) is 23.2. The van der Waals surface area contributed by atoms with Crippen molar-refractivity contribution in [2.45, 2.75) is 33.4 Å². The van der Waals surface area contributed by atoms with Crippen LogP contribution in [0, 0.1) is 12.8 Å². The van der Waals surface area contributed by atoms with Crippen LogP contribution in [-0.4, -0.2) is 42.6 Å². The van der Waals surface area contributed by atoms with Crippen LogP contribution >= 0.6 is 11.6 Å². The van der Waals surface area contributed by atoms with E-state index in [0.717, 1.165) is 29.4 Å². The molecule has 0 aliphatic carbocycles. The molecule has 33 heavy (non-hydrogen) atoms. The second kappa shape index (κ2) is 10.8. The Balaban J connectivity index is 1.57. The van der Waals surface area contributed by atoms with Gasteiger partial charge in [0, 0.05) is 24.9 Å². The van der Waals surface area contributed by atoms with Crippen molar-refractivity contribution in [3.05, 3.63) is 82.2 Å². The van der Waals surface area contributed by atoms with Gasteiger partial charge in [-0.3, -0.25) is 9.98 Å². The van der Waals surface area contributed by atoms with Crippen molar-refractivity contribution < 1.29 is 4.74 Å². The van der Waals surface area contributed by atoms with Crippen LogP contribution in [0.4, 0.5) is 0 Å². The van der Waals surface area contributed by atoms with Gasteiger partial charge in [0.25, 0.3) is 0 Å². The number of nitrogens with one attached hydrogen (secondary N) is 2. The number of pyridine rings is 1. The van der Waals surface area contributed by atoms with Gasteiger partial charge in [-0.1, -0.05) is 49.7 Å². The zero-order valence-corrected chi connectivity index (χ0v) is 20.1. The highest BCUT2D eigenvalue weighted by molar-refractivity contribution is 6.32. The number of benzene rings is 1. The van der Waals surface area contributed by atoms with E-state index in [4.69, 9.17) is 26.3 Å². The number of aryl methyl sites for hydroxylation is 1. The van der Waals surface area contributed by atoms with Crippen LogP contribution in [0.5, 0.6) is 0 Å². The summed E-state index contributed by atoms with van der Waals surface area (Å²) in [5.41, 5.74) is 5.13. The minimum Gasteiger partial charge on any atom is -0.373 e. The van der Waals surface area contributed by atoms with Gasteiger partial charge in [-0.05, 0) is 54.7 Å². The molecule has 0 spiro atoms. The van der Waals surface area contributed by atoms with Crippen molar-refractivity contribution in [3.63, 3.8) is 0 Å². The SMILES string of the molecule is Cc1ccccc1CCN=C1NC(COCC(C)C)=NC2NC(c3ncccc3Cl)=CC=C12. The molecular formula is C26H30ClN5O. The second-order valence-electron chi connectivity index (χ2n) is 8.60. The van der Waals surface area contributed by atoms with Gasteiger partial charge in [0.2, 0.25) is 0 Å². The molecule has 172 valence electrons. The average Bonchev–Trinajstić information content (AvgIpc) is 2.80. The molecule has 2 aromatic rings. The molecule has 0 amide bonds. The first kappa shape index (κ1) is 23.2. The van der Waals surface area contributed by atoms with Crippen molar-refractivity contribution in [2.75, 3.05) is 19.8 Å². The van der Waals surface area contributed by atoms with Crippen LogP contribution in [0.15, 0.2) is 70.3 Å². The lowest BCUT2D eigenvalue weighted by atomic mass is 10.0. The molecule has 2 aliphatic heterocycles. The standard InChI is InChI=1S/C26H30ClN5O/c1-17(2)15-33-16-23-31-25(29-14-12-19-8-5-4-7-18(19)3)20-10-11-22(30-26(20)32-23)24-21(27)9-6-13-28-24/h4-11,13,17,26,30H,12,14-16H2,1-3H3,(H,29,31,32). The number of rotatable bonds is 8. The van der Waals surface area contributed by atoms with Crippen molar-refractivity contribution in [1.82, 2.24) is 15.6 Å². The van der Waals surface area contributed by atoms with Gasteiger partial charge in [-0.15, -0.1) is 0 Å². The number of dihydropyridines is 1. The number of halogens is 1. The quantitative estimate of drug-likeness (QED) is 0.602. The lowest BCUT2D eigenvalue weighted by Gasteiger charge is -2.31. The third-order valence-corrected chi connectivity index (χ3v) is 5.76. The first-order valence-corrected chi connectivity index (χ1v) is 11.7. The fourth-order valence-corrected chi connectivity index (χ4v) is 3.97. The first-order chi connectivity index (χ1) is 16.0. The number of fused-ring (bicyclic) bond motifs is 1. The lowest BCUT2D eigenvalue weighted by Crippen LogP contribution is -2.48. The minimum atomic E-state index is -0.279. The van der Waals surface area contributed by atoms with E-state index in [2.05, 4.69) is 60.7 Å². The van der Waals surface area contributed by atoms with E-state index in [1.54, 1.807) is 6.20 Å². The molecule has 1 atom stereocenters. The van der Waals surface area contributed by atoms with Gasteiger partial charge in [0.05, 0.1) is 10.7 Å². The molecule has 2 N–H and O–H groups in total. The summed E-state index contributed by atoms with van der Waals surface area (Å²) in [6.07, 6.45) is 6.35. The second-order valence-corrected chi connectivity index (χ2v) is 9.01. The highest BCUT2D eigenvalue weighted by Crippen LogP contribution is 2.25. The molecule has 0 radical (unpaired) electrons. The van der Waals surface area contributed by atoms with E-state index in [0.29, 0.717) is 36.4 Å². The van der Waals surface area contributed by atoms with E-state index in [-0.39, 0.29) is 6.17 Å². The van der Waals surface area contributed by atoms with E-state index in [9.17, 15) is 0 Å². The first-order valence-electron chi connectivity index (χ1n) is 11.3. The summed E-state index contributed by atoms with van der Waals surface area (Å²) in [5.74, 6) is 2.04. The number of hydrogen-bond acceptors (Lipinski definition) is 5. The Hall–Kier alpha value is -2.96. The molecule has 1 aromatic heterocycles. The lowest BCUT2D eigenvalue weighted by molar-refractivity contribution is 0.141. The summed E-state index contributed by atoms with van der Waals surface area (Å²) in [5, 5.41) is 7.46. The molecule has 1 aromatic carbocycles. The Labute approximate surface area is 200 Å². The predicted molar refractivity (Wildman–Crippen MR) is 136 cm³/mol. The summed E-state index contributed by atoms with van der Waals surface area (Å²) in [7, 11) is 0. The number of hydrogen-bond donors (Lipinski definition) is 2. The maximum absolute atomic E-state index is 6.37. The normalized spacial score (nSPS) is 18.8. The smallest absolute Gasteiger partial charge is 0.150 e.